The molecule has 10 nitrogen and oxygen atoms in total. The van der Waals surface area contributed by atoms with E-state index in [0.717, 1.165) is 5.56 Å². The first-order chi connectivity index (χ1) is 19.4. The molecule has 208 valence electrons. The van der Waals surface area contributed by atoms with E-state index in [9.17, 15) is 14.9 Å². The number of nitrogens with one attached hydrogen (secondary N) is 1. The van der Waals surface area contributed by atoms with Gasteiger partial charge in [-0.1, -0.05) is 6.07 Å². The molecule has 1 heterocycles. The van der Waals surface area contributed by atoms with Crippen molar-refractivity contribution in [3.63, 3.8) is 0 Å². The van der Waals surface area contributed by atoms with Gasteiger partial charge in [-0.15, -0.1) is 0 Å². The first kappa shape index (κ1) is 28.0. The summed E-state index contributed by atoms with van der Waals surface area (Å²) in [4.78, 5) is 23.2. The van der Waals surface area contributed by atoms with Gasteiger partial charge in [-0.3, -0.25) is 14.9 Å². The van der Waals surface area contributed by atoms with Crippen molar-refractivity contribution in [2.45, 2.75) is 34.0 Å². The van der Waals surface area contributed by atoms with Crippen LogP contribution in [-0.4, -0.2) is 24.0 Å². The Hall–Kier alpha value is -4.99. The number of hydrogen-bond acceptors (Lipinski definition) is 8. The summed E-state index contributed by atoms with van der Waals surface area (Å²) in [5.41, 5.74) is 2.02. The van der Waals surface area contributed by atoms with Crippen LogP contribution in [0, 0.1) is 17.0 Å². The summed E-state index contributed by atoms with van der Waals surface area (Å²) in [6.45, 7) is 6.98. The molecule has 10 heteroatoms. The standard InChI is InChI=1S/C30H30N2O8/c1-4-36-27-14-6-21(17-29(27)37-5-2)18-38-23-9-7-22(8-10-23)31-30(33)28-15-12-25(40-28)19-39-24-11-13-26(32(34)35)20(3)16-24/h6-17H,4-5,18-19H2,1-3H3,(H,31,33). The van der Waals surface area contributed by atoms with Crippen LogP contribution in [0.25, 0.3) is 0 Å². The largest absolute Gasteiger partial charge is 0.490 e. The van der Waals surface area contributed by atoms with Crippen LogP contribution in [0.4, 0.5) is 11.4 Å². The summed E-state index contributed by atoms with van der Waals surface area (Å²) >= 11 is 0. The highest BCUT2D eigenvalue weighted by molar-refractivity contribution is 6.02. The molecule has 0 fully saturated rings. The van der Waals surface area contributed by atoms with Gasteiger partial charge in [0.2, 0.25) is 0 Å². The molecular formula is C30H30N2O8. The third-order valence-electron chi connectivity index (χ3n) is 5.76. The van der Waals surface area contributed by atoms with Crippen molar-refractivity contribution in [1.29, 1.82) is 0 Å². The predicted molar refractivity (Wildman–Crippen MR) is 148 cm³/mol. The van der Waals surface area contributed by atoms with Gasteiger partial charge in [0.1, 0.15) is 30.5 Å². The number of carbonyl (C=O) groups is 1. The Balaban J connectivity index is 1.28. The smallest absolute Gasteiger partial charge is 0.291 e. The number of carbonyl (C=O) groups excluding carboxylic acids is 1. The van der Waals surface area contributed by atoms with E-state index < -0.39 is 10.8 Å². The molecule has 0 radical (unpaired) electrons. The van der Waals surface area contributed by atoms with Crippen LogP contribution in [-0.2, 0) is 13.2 Å². The van der Waals surface area contributed by atoms with Crippen molar-refractivity contribution < 1.29 is 33.1 Å². The fourth-order valence-corrected chi connectivity index (χ4v) is 3.83. The van der Waals surface area contributed by atoms with E-state index in [0.29, 0.717) is 59.8 Å². The highest BCUT2D eigenvalue weighted by Gasteiger charge is 2.14. The Morgan fingerprint density at radius 3 is 2.23 bits per heavy atom. The predicted octanol–water partition coefficient (Wildman–Crippen LogP) is 6.70. The highest BCUT2D eigenvalue weighted by Crippen LogP contribution is 2.29. The van der Waals surface area contributed by atoms with E-state index in [1.54, 1.807) is 49.4 Å². The van der Waals surface area contributed by atoms with Crippen molar-refractivity contribution >= 4 is 17.3 Å². The van der Waals surface area contributed by atoms with Gasteiger partial charge >= 0.3 is 0 Å². The summed E-state index contributed by atoms with van der Waals surface area (Å²) in [7, 11) is 0. The lowest BCUT2D eigenvalue weighted by molar-refractivity contribution is -0.385. The molecule has 1 N–H and O–H groups in total. The number of ether oxygens (including phenoxy) is 4. The minimum Gasteiger partial charge on any atom is -0.490 e. The van der Waals surface area contributed by atoms with Crippen molar-refractivity contribution in [2.75, 3.05) is 18.5 Å². The Bertz CT molecular complexity index is 1460. The normalized spacial score (nSPS) is 10.6. The van der Waals surface area contributed by atoms with Gasteiger partial charge in [-0.25, -0.2) is 0 Å². The molecule has 4 rings (SSSR count). The second-order valence-electron chi connectivity index (χ2n) is 8.67. The summed E-state index contributed by atoms with van der Waals surface area (Å²) < 4.78 is 28.4. The quantitative estimate of drug-likeness (QED) is 0.145. The van der Waals surface area contributed by atoms with Crippen LogP contribution in [0.1, 0.15) is 41.3 Å². The summed E-state index contributed by atoms with van der Waals surface area (Å²) in [6.07, 6.45) is 0. The lowest BCUT2D eigenvalue weighted by Gasteiger charge is -2.13. The zero-order valence-corrected chi connectivity index (χ0v) is 22.5. The summed E-state index contributed by atoms with van der Waals surface area (Å²) in [5, 5.41) is 13.7. The summed E-state index contributed by atoms with van der Waals surface area (Å²) in [6, 6.07) is 20.4. The maximum Gasteiger partial charge on any atom is 0.291 e. The number of nitro benzene ring substituents is 1. The molecule has 0 aliphatic heterocycles. The zero-order chi connectivity index (χ0) is 28.5. The maximum absolute atomic E-state index is 12.6. The Labute approximate surface area is 231 Å². The molecule has 0 bridgehead atoms. The number of rotatable bonds is 13. The number of aryl methyl sites for hydroxylation is 1. The number of anilines is 1. The maximum atomic E-state index is 12.6. The fraction of sp³-hybridized carbons (Fsp3) is 0.233. The number of nitro groups is 1. The number of amides is 1. The first-order valence-corrected chi connectivity index (χ1v) is 12.8. The Kier molecular flexibility index (Phi) is 9.24. The summed E-state index contributed by atoms with van der Waals surface area (Å²) in [5.74, 6) is 2.63. The molecule has 0 atom stereocenters. The van der Waals surface area contributed by atoms with E-state index in [4.69, 9.17) is 23.4 Å². The fourth-order valence-electron chi connectivity index (χ4n) is 3.83. The topological polar surface area (TPSA) is 122 Å². The zero-order valence-electron chi connectivity index (χ0n) is 22.5. The lowest BCUT2D eigenvalue weighted by Crippen LogP contribution is -2.10. The molecule has 0 saturated heterocycles. The number of furan rings is 1. The van der Waals surface area contributed by atoms with Crippen molar-refractivity contribution in [1.82, 2.24) is 0 Å². The van der Waals surface area contributed by atoms with E-state index in [-0.39, 0.29) is 18.1 Å². The van der Waals surface area contributed by atoms with Crippen molar-refractivity contribution in [3.05, 3.63) is 106 Å². The molecule has 3 aromatic carbocycles. The van der Waals surface area contributed by atoms with Crippen molar-refractivity contribution in [2.24, 2.45) is 0 Å². The Morgan fingerprint density at radius 1 is 0.825 bits per heavy atom. The Morgan fingerprint density at radius 2 is 1.52 bits per heavy atom. The molecule has 4 aromatic rings. The van der Waals surface area contributed by atoms with Crippen LogP contribution in [0.15, 0.2) is 77.2 Å². The average Bonchev–Trinajstić information content (AvgIpc) is 3.42. The molecule has 0 unspecified atom stereocenters. The van der Waals surface area contributed by atoms with Crippen LogP contribution < -0.4 is 24.3 Å². The molecule has 1 amide bonds. The van der Waals surface area contributed by atoms with Gasteiger partial charge in [-0.05, 0) is 87.0 Å². The van der Waals surface area contributed by atoms with Crippen LogP contribution in [0.5, 0.6) is 23.0 Å². The third kappa shape index (κ3) is 7.31. The molecule has 1 aromatic heterocycles. The molecule has 0 aliphatic rings. The van der Waals surface area contributed by atoms with E-state index in [1.165, 1.54) is 12.1 Å². The monoisotopic (exact) mass is 546 g/mol. The second kappa shape index (κ2) is 13.2. The lowest BCUT2D eigenvalue weighted by atomic mass is 10.2. The SMILES string of the molecule is CCOc1ccc(COc2ccc(NC(=O)c3ccc(COc4ccc([N+](=O)[O-])c(C)c4)o3)cc2)cc1OCC. The number of hydrogen-bond donors (Lipinski definition) is 1. The van der Waals surface area contributed by atoms with E-state index >= 15 is 0 Å². The first-order valence-electron chi connectivity index (χ1n) is 12.8. The minimum absolute atomic E-state index is 0.0210. The molecule has 0 spiro atoms. The van der Waals surface area contributed by atoms with E-state index in [2.05, 4.69) is 5.32 Å². The van der Waals surface area contributed by atoms with Crippen LogP contribution >= 0.6 is 0 Å². The van der Waals surface area contributed by atoms with Gasteiger partial charge in [0.15, 0.2) is 17.3 Å². The van der Waals surface area contributed by atoms with Gasteiger partial charge in [0.05, 0.1) is 18.1 Å². The third-order valence-corrected chi connectivity index (χ3v) is 5.76. The van der Waals surface area contributed by atoms with Gasteiger partial charge < -0.3 is 28.7 Å². The van der Waals surface area contributed by atoms with E-state index in [1.807, 2.05) is 32.0 Å². The minimum atomic E-state index is -0.445. The molecule has 0 aliphatic carbocycles. The van der Waals surface area contributed by atoms with Gasteiger partial charge in [0, 0.05) is 17.3 Å². The highest BCUT2D eigenvalue weighted by atomic mass is 16.6. The average molecular weight is 547 g/mol. The second-order valence-corrected chi connectivity index (χ2v) is 8.67. The van der Waals surface area contributed by atoms with Crippen LogP contribution in [0.3, 0.4) is 0 Å². The van der Waals surface area contributed by atoms with Crippen LogP contribution in [0.2, 0.25) is 0 Å². The van der Waals surface area contributed by atoms with Gasteiger partial charge in [-0.2, -0.15) is 0 Å². The molecule has 40 heavy (non-hydrogen) atoms. The van der Waals surface area contributed by atoms with Gasteiger partial charge in [0.25, 0.3) is 11.6 Å². The number of benzene rings is 3. The molecular weight excluding hydrogens is 516 g/mol. The van der Waals surface area contributed by atoms with Crippen molar-refractivity contribution in [3.8, 4) is 23.0 Å². The number of nitrogens with zero attached hydrogens (tertiary/aromatic N) is 1. The molecule has 0 saturated carbocycles.